The second kappa shape index (κ2) is 13.4. The number of carbonyl (C=O) groups excluding carboxylic acids is 2. The molecule has 3 N–H and O–H groups in total. The third-order valence-electron chi connectivity index (χ3n) is 4.78. The number of hydrogen-bond acceptors (Lipinski definition) is 6. The van der Waals surface area contributed by atoms with Crippen molar-refractivity contribution in [1.82, 2.24) is 15.5 Å². The summed E-state index contributed by atoms with van der Waals surface area (Å²) in [5, 5.41) is 14.9. The first kappa shape index (κ1) is 26.1. The summed E-state index contributed by atoms with van der Waals surface area (Å²) in [4.78, 5) is 27.0. The van der Waals surface area contributed by atoms with Gasteiger partial charge in [0.2, 0.25) is 5.91 Å². The van der Waals surface area contributed by atoms with E-state index in [1.54, 1.807) is 18.2 Å². The molecule has 1 aromatic carbocycles. The van der Waals surface area contributed by atoms with E-state index < -0.39 is 13.0 Å². The van der Waals surface area contributed by atoms with Crippen molar-refractivity contribution in [3.8, 4) is 0 Å². The van der Waals surface area contributed by atoms with Crippen molar-refractivity contribution in [2.75, 3.05) is 46.0 Å². The average molecular weight is 519 g/mol. The lowest BCUT2D eigenvalue weighted by atomic mass is 9.73. The van der Waals surface area contributed by atoms with Crippen molar-refractivity contribution in [3.05, 3.63) is 33.3 Å². The summed E-state index contributed by atoms with van der Waals surface area (Å²) in [5.41, 5.74) is 0.293. The molecule has 1 atom stereocenters. The summed E-state index contributed by atoms with van der Waals surface area (Å²) in [6.07, 6.45) is 0.669. The van der Waals surface area contributed by atoms with Gasteiger partial charge in [-0.1, -0.05) is 41.4 Å². The smallest absolute Gasteiger partial charge is 0.408 e. The van der Waals surface area contributed by atoms with Crippen LogP contribution in [0, 0.1) is 5.92 Å². The number of halogens is 2. The summed E-state index contributed by atoms with van der Waals surface area (Å²) in [5.74, 6) is -0.794. The van der Waals surface area contributed by atoms with E-state index in [1.807, 2.05) is 0 Å². The van der Waals surface area contributed by atoms with Crippen molar-refractivity contribution in [2.45, 2.75) is 26.2 Å². The second-order valence-electron chi connectivity index (χ2n) is 7.79. The molecule has 0 spiro atoms. The molecule has 172 valence electrons. The molecule has 1 aliphatic rings. The minimum Gasteiger partial charge on any atom is -0.408 e. The monoisotopic (exact) mass is 517 g/mol. The number of rotatable bonds is 9. The van der Waals surface area contributed by atoms with Crippen LogP contribution in [-0.4, -0.2) is 80.9 Å². The van der Waals surface area contributed by atoms with Crippen molar-refractivity contribution in [1.29, 1.82) is 0 Å². The Kier molecular flexibility index (Phi) is 11.3. The number of nitrogens with zero attached hydrogens (tertiary/aromatic N) is 1. The van der Waals surface area contributed by atoms with Crippen molar-refractivity contribution in [3.63, 3.8) is 0 Å². The molecule has 0 radical (unpaired) electrons. The minimum absolute atomic E-state index is 0.0896. The Hall–Kier alpha value is -1.17. The molecular formula is C20H30BBrClN3O5. The number of aliphatic hydroxyl groups is 1. The Morgan fingerprint density at radius 1 is 1.29 bits per heavy atom. The third kappa shape index (κ3) is 9.07. The number of hydrogen-bond donors (Lipinski definition) is 3. The first-order valence-corrected chi connectivity index (χ1v) is 11.6. The van der Waals surface area contributed by atoms with Crippen LogP contribution in [0.2, 0.25) is 5.02 Å². The normalized spacial score (nSPS) is 16.5. The lowest BCUT2D eigenvalue weighted by molar-refractivity contribution is -0.120. The molecule has 11 heteroatoms. The molecule has 0 bridgehead atoms. The number of carbonyl (C=O) groups is 2. The highest BCUT2D eigenvalue weighted by Gasteiger charge is 2.33. The fourth-order valence-electron chi connectivity index (χ4n) is 3.28. The van der Waals surface area contributed by atoms with E-state index in [0.717, 1.165) is 4.47 Å². The predicted octanol–water partition coefficient (Wildman–Crippen LogP) is 1.73. The first-order chi connectivity index (χ1) is 14.8. The van der Waals surface area contributed by atoms with E-state index in [9.17, 15) is 9.59 Å². The second-order valence-corrected chi connectivity index (χ2v) is 9.11. The van der Waals surface area contributed by atoms with E-state index in [4.69, 9.17) is 26.0 Å². The molecule has 2 amide bonds. The van der Waals surface area contributed by atoms with Crippen LogP contribution in [0.15, 0.2) is 22.7 Å². The zero-order valence-corrected chi connectivity index (χ0v) is 20.2. The van der Waals surface area contributed by atoms with Gasteiger partial charge in [-0.25, -0.2) is 0 Å². The summed E-state index contributed by atoms with van der Waals surface area (Å²) >= 11 is 9.38. The van der Waals surface area contributed by atoms with Gasteiger partial charge in [0.1, 0.15) is 0 Å². The van der Waals surface area contributed by atoms with Crippen LogP contribution in [-0.2, 0) is 14.1 Å². The predicted molar refractivity (Wildman–Crippen MR) is 124 cm³/mol. The Labute approximate surface area is 197 Å². The average Bonchev–Trinajstić information content (AvgIpc) is 2.69. The van der Waals surface area contributed by atoms with E-state index in [2.05, 4.69) is 45.3 Å². The highest BCUT2D eigenvalue weighted by atomic mass is 79.9. The quantitative estimate of drug-likeness (QED) is 0.431. The molecule has 2 rings (SSSR count). The molecule has 1 fully saturated rings. The molecule has 1 heterocycles. The maximum atomic E-state index is 12.5. The lowest BCUT2D eigenvalue weighted by Crippen LogP contribution is -2.54. The molecule has 0 aromatic heterocycles. The Bertz CT molecular complexity index is 733. The Morgan fingerprint density at radius 3 is 2.58 bits per heavy atom. The van der Waals surface area contributed by atoms with Crippen LogP contribution in [0.3, 0.4) is 0 Å². The van der Waals surface area contributed by atoms with Gasteiger partial charge in [-0.2, -0.15) is 0 Å². The van der Waals surface area contributed by atoms with Crippen LogP contribution < -0.4 is 10.6 Å². The standard InChI is InChI=1S/C20H30BBrClN3O5/c1-14(2)11-18(21-30-9-6-26(5-8-27)7-10-31-21)25-19(28)13-24-20(29)16-12-15(22)3-4-17(16)23/h3-4,12,14,18,27H,5-11,13H2,1-2H3,(H,24,29)(H,25,28)/t18-/m0/s1. The van der Waals surface area contributed by atoms with Gasteiger partial charge >= 0.3 is 7.12 Å². The van der Waals surface area contributed by atoms with Gasteiger partial charge < -0.3 is 25.0 Å². The Balaban J connectivity index is 1.91. The van der Waals surface area contributed by atoms with Gasteiger partial charge in [-0.3, -0.25) is 14.5 Å². The van der Waals surface area contributed by atoms with E-state index in [-0.39, 0.29) is 25.0 Å². The van der Waals surface area contributed by atoms with Gasteiger partial charge in [0, 0.05) is 37.3 Å². The summed E-state index contributed by atoms with van der Waals surface area (Å²) < 4.78 is 12.5. The highest BCUT2D eigenvalue weighted by molar-refractivity contribution is 9.10. The fourth-order valence-corrected chi connectivity index (χ4v) is 3.85. The number of nitrogens with one attached hydrogen (secondary N) is 2. The molecule has 1 aromatic rings. The molecule has 1 aliphatic heterocycles. The SMILES string of the molecule is CC(C)C[C@H](NC(=O)CNC(=O)c1cc(Br)ccc1Cl)B1OCCN(CCO)CCO1. The van der Waals surface area contributed by atoms with E-state index in [1.165, 1.54) is 0 Å². The summed E-state index contributed by atoms with van der Waals surface area (Å²) in [6, 6.07) is 4.96. The van der Waals surface area contributed by atoms with Gasteiger partial charge in [-0.15, -0.1) is 0 Å². The third-order valence-corrected chi connectivity index (χ3v) is 5.60. The Morgan fingerprint density at radius 2 is 1.97 bits per heavy atom. The van der Waals surface area contributed by atoms with E-state index >= 15 is 0 Å². The molecule has 31 heavy (non-hydrogen) atoms. The molecule has 0 saturated carbocycles. The molecule has 0 aliphatic carbocycles. The maximum Gasteiger partial charge on any atom is 0.480 e. The fraction of sp³-hybridized carbons (Fsp3) is 0.600. The number of amides is 2. The largest absolute Gasteiger partial charge is 0.480 e. The summed E-state index contributed by atoms with van der Waals surface area (Å²) in [7, 11) is -0.571. The van der Waals surface area contributed by atoms with Crippen LogP contribution in [0.25, 0.3) is 0 Å². The summed E-state index contributed by atoms with van der Waals surface area (Å²) in [6.45, 7) is 6.84. The van der Waals surface area contributed by atoms with Crippen LogP contribution in [0.4, 0.5) is 0 Å². The molecular weight excluding hydrogens is 488 g/mol. The molecule has 1 saturated heterocycles. The number of β-amino-alcohol motifs (C(OH)–C–C–N with tert-alkyl or cyclic N) is 1. The number of aliphatic hydroxyl groups excluding tert-OH is 1. The van der Waals surface area contributed by atoms with Crippen LogP contribution in [0.1, 0.15) is 30.6 Å². The first-order valence-electron chi connectivity index (χ1n) is 10.4. The molecule has 0 unspecified atom stereocenters. The van der Waals surface area contributed by atoms with Crippen molar-refractivity contribution in [2.24, 2.45) is 5.92 Å². The van der Waals surface area contributed by atoms with Crippen molar-refractivity contribution >= 4 is 46.5 Å². The number of benzene rings is 1. The van der Waals surface area contributed by atoms with Crippen LogP contribution >= 0.6 is 27.5 Å². The zero-order chi connectivity index (χ0) is 22.8. The maximum absolute atomic E-state index is 12.5. The topological polar surface area (TPSA) is 100 Å². The minimum atomic E-state index is -0.571. The van der Waals surface area contributed by atoms with Crippen molar-refractivity contribution < 1.29 is 24.0 Å². The van der Waals surface area contributed by atoms with E-state index in [0.29, 0.717) is 55.8 Å². The zero-order valence-electron chi connectivity index (χ0n) is 17.9. The van der Waals surface area contributed by atoms with Gasteiger partial charge in [0.15, 0.2) is 0 Å². The molecule has 8 nitrogen and oxygen atoms in total. The van der Waals surface area contributed by atoms with Crippen LogP contribution in [0.5, 0.6) is 0 Å². The van der Waals surface area contributed by atoms with Gasteiger partial charge in [-0.05, 0) is 30.5 Å². The highest BCUT2D eigenvalue weighted by Crippen LogP contribution is 2.20. The van der Waals surface area contributed by atoms with Gasteiger partial charge in [0.05, 0.1) is 29.7 Å². The van der Waals surface area contributed by atoms with Gasteiger partial charge in [0.25, 0.3) is 5.91 Å². The lowest BCUT2D eigenvalue weighted by Gasteiger charge is -2.31.